The molecule has 0 spiro atoms. The van der Waals surface area contributed by atoms with E-state index in [0.29, 0.717) is 0 Å². The number of alkyl halides is 3. The average molecular weight is 318 g/mol. The van der Waals surface area contributed by atoms with Crippen molar-refractivity contribution >= 4 is 5.97 Å². The van der Waals surface area contributed by atoms with Crippen LogP contribution in [0, 0.1) is 0 Å². The summed E-state index contributed by atoms with van der Waals surface area (Å²) in [6.45, 7) is 6.17. The van der Waals surface area contributed by atoms with E-state index in [4.69, 9.17) is 4.74 Å². The highest BCUT2D eigenvalue weighted by Gasteiger charge is 2.35. The number of aliphatic hydroxyl groups excluding tert-OH is 1. The molecule has 0 saturated carbocycles. The van der Waals surface area contributed by atoms with Crippen LogP contribution in [0.25, 0.3) is 0 Å². The minimum Gasteiger partial charge on any atom is -0.460 e. The highest BCUT2D eigenvalue weighted by atomic mass is 19.4. The molecule has 1 atom stereocenters. The lowest BCUT2D eigenvalue weighted by Crippen LogP contribution is -2.34. The number of rotatable bonds is 4. The van der Waals surface area contributed by atoms with Crippen molar-refractivity contribution in [2.75, 3.05) is 6.61 Å². The number of benzene rings is 1. The van der Waals surface area contributed by atoms with E-state index in [-0.39, 0.29) is 12.0 Å². The van der Waals surface area contributed by atoms with Crippen LogP contribution in [-0.4, -0.2) is 23.3 Å². The third-order valence-electron chi connectivity index (χ3n) is 3.19. The fourth-order valence-electron chi connectivity index (χ4n) is 2.02. The first-order valence-electron chi connectivity index (χ1n) is 6.88. The van der Waals surface area contributed by atoms with Crippen molar-refractivity contribution in [3.05, 3.63) is 35.4 Å². The molecule has 0 bridgehead atoms. The number of ether oxygens (including phenoxy) is 1. The molecule has 3 nitrogen and oxygen atoms in total. The topological polar surface area (TPSA) is 46.5 Å². The van der Waals surface area contributed by atoms with Gasteiger partial charge in [0, 0.05) is 5.41 Å². The summed E-state index contributed by atoms with van der Waals surface area (Å²) < 4.78 is 43.6. The van der Waals surface area contributed by atoms with E-state index in [1.165, 1.54) is 19.1 Å². The predicted molar refractivity (Wildman–Crippen MR) is 76.3 cm³/mol. The van der Waals surface area contributed by atoms with Gasteiger partial charge in [-0.05, 0) is 32.4 Å². The number of carbonyl (C=O) groups is 1. The summed E-state index contributed by atoms with van der Waals surface area (Å²) in [6.07, 6.45) is -4.68. The van der Waals surface area contributed by atoms with Gasteiger partial charge < -0.3 is 9.84 Å². The second-order valence-electron chi connectivity index (χ2n) is 6.56. The van der Waals surface area contributed by atoms with Crippen LogP contribution in [0.4, 0.5) is 13.2 Å². The fraction of sp³-hybridized carbons (Fsp3) is 0.562. The van der Waals surface area contributed by atoms with Crippen molar-refractivity contribution in [3.8, 4) is 0 Å². The number of carbonyl (C=O) groups excluding carboxylic acids is 1. The lowest BCUT2D eigenvalue weighted by atomic mass is 9.79. The van der Waals surface area contributed by atoms with Crippen molar-refractivity contribution in [1.29, 1.82) is 0 Å². The van der Waals surface area contributed by atoms with E-state index in [2.05, 4.69) is 0 Å². The largest absolute Gasteiger partial charge is 0.460 e. The van der Waals surface area contributed by atoms with E-state index in [1.54, 1.807) is 20.8 Å². The maximum absolute atomic E-state index is 12.8. The first-order valence-corrected chi connectivity index (χ1v) is 6.88. The molecule has 0 saturated heterocycles. The zero-order valence-electron chi connectivity index (χ0n) is 13.1. The second-order valence-corrected chi connectivity index (χ2v) is 6.56. The lowest BCUT2D eigenvalue weighted by molar-refractivity contribution is -0.156. The summed E-state index contributed by atoms with van der Waals surface area (Å²) in [6, 6.07) is 4.65. The highest BCUT2D eigenvalue weighted by molar-refractivity contribution is 5.72. The van der Waals surface area contributed by atoms with Gasteiger partial charge in [-0.25, -0.2) is 0 Å². The summed E-state index contributed by atoms with van der Waals surface area (Å²) in [5.41, 5.74) is -2.39. The van der Waals surface area contributed by atoms with Gasteiger partial charge in [0.1, 0.15) is 5.60 Å². The van der Waals surface area contributed by atoms with Crippen LogP contribution in [-0.2, 0) is 21.1 Å². The Kier molecular flexibility index (Phi) is 5.28. The van der Waals surface area contributed by atoms with Crippen LogP contribution in [0.5, 0.6) is 0 Å². The number of aliphatic hydroxyl groups is 1. The number of esters is 1. The van der Waals surface area contributed by atoms with Crippen LogP contribution in [0.1, 0.15) is 45.2 Å². The highest BCUT2D eigenvalue weighted by Crippen LogP contribution is 2.34. The smallest absolute Gasteiger partial charge is 0.416 e. The minimum absolute atomic E-state index is 0.206. The van der Waals surface area contributed by atoms with E-state index in [9.17, 15) is 23.1 Å². The molecule has 0 aromatic heterocycles. The summed E-state index contributed by atoms with van der Waals surface area (Å²) in [4.78, 5) is 11.9. The number of hydrogen-bond donors (Lipinski definition) is 1. The molecule has 1 rings (SSSR count). The molecule has 0 unspecified atom stereocenters. The first-order chi connectivity index (χ1) is 9.87. The van der Waals surface area contributed by atoms with Gasteiger partial charge in [-0.1, -0.05) is 25.1 Å². The van der Waals surface area contributed by atoms with Gasteiger partial charge in [0.2, 0.25) is 0 Å². The summed E-state index contributed by atoms with van der Waals surface area (Å²) in [7, 11) is 0. The second kappa shape index (κ2) is 6.28. The van der Waals surface area contributed by atoms with E-state index >= 15 is 0 Å². The third kappa shape index (κ3) is 5.02. The molecule has 0 aliphatic heterocycles. The Morgan fingerprint density at radius 3 is 2.14 bits per heavy atom. The first kappa shape index (κ1) is 18.5. The monoisotopic (exact) mass is 318 g/mol. The van der Waals surface area contributed by atoms with Gasteiger partial charge in [-0.15, -0.1) is 0 Å². The number of hydrogen-bond acceptors (Lipinski definition) is 3. The van der Waals surface area contributed by atoms with Crippen molar-refractivity contribution in [2.45, 2.75) is 51.3 Å². The average Bonchev–Trinajstić information content (AvgIpc) is 2.35. The SMILES string of the molecule is CC(C)(C)OC(=O)C[C@@](C)(CO)c1cccc(C(F)(F)F)c1. The molecular weight excluding hydrogens is 297 g/mol. The molecule has 22 heavy (non-hydrogen) atoms. The normalized spacial score (nSPS) is 15.3. The summed E-state index contributed by atoms with van der Waals surface area (Å²) in [5, 5.41) is 9.59. The Hall–Kier alpha value is -1.56. The van der Waals surface area contributed by atoms with Gasteiger partial charge in [0.15, 0.2) is 0 Å². The standard InChI is InChI=1S/C16H21F3O3/c1-14(2,3)22-13(21)9-15(4,10-20)11-6-5-7-12(8-11)16(17,18)19/h5-8,20H,9-10H2,1-4H3/t15-/m0/s1. The van der Waals surface area contributed by atoms with Gasteiger partial charge in [0.05, 0.1) is 18.6 Å². The third-order valence-corrected chi connectivity index (χ3v) is 3.19. The van der Waals surface area contributed by atoms with Gasteiger partial charge in [-0.2, -0.15) is 13.2 Å². The molecule has 0 aliphatic rings. The maximum Gasteiger partial charge on any atom is 0.416 e. The summed E-state index contributed by atoms with van der Waals surface area (Å²) in [5.74, 6) is -0.568. The van der Waals surface area contributed by atoms with E-state index in [1.807, 2.05) is 0 Å². The molecular formula is C16H21F3O3. The molecule has 0 heterocycles. The molecule has 1 N–H and O–H groups in total. The fourth-order valence-corrected chi connectivity index (χ4v) is 2.02. The molecule has 0 amide bonds. The molecule has 1 aromatic rings. The lowest BCUT2D eigenvalue weighted by Gasteiger charge is -2.29. The Morgan fingerprint density at radius 2 is 1.68 bits per heavy atom. The van der Waals surface area contributed by atoms with Crippen LogP contribution < -0.4 is 0 Å². The van der Waals surface area contributed by atoms with Crippen LogP contribution in [0.15, 0.2) is 24.3 Å². The summed E-state index contributed by atoms with van der Waals surface area (Å²) >= 11 is 0. The Bertz CT molecular complexity index is 532. The van der Waals surface area contributed by atoms with Crippen molar-refractivity contribution in [1.82, 2.24) is 0 Å². The van der Waals surface area contributed by atoms with Crippen molar-refractivity contribution in [3.63, 3.8) is 0 Å². The quantitative estimate of drug-likeness (QED) is 0.861. The van der Waals surface area contributed by atoms with Gasteiger partial charge in [-0.3, -0.25) is 4.79 Å². The molecule has 1 aromatic carbocycles. The zero-order chi connectivity index (χ0) is 17.2. The van der Waals surface area contributed by atoms with Crippen molar-refractivity contribution < 1.29 is 27.8 Å². The Morgan fingerprint density at radius 1 is 1.14 bits per heavy atom. The van der Waals surface area contributed by atoms with Crippen LogP contribution >= 0.6 is 0 Å². The maximum atomic E-state index is 12.8. The Labute approximate surface area is 128 Å². The zero-order valence-corrected chi connectivity index (χ0v) is 13.1. The molecule has 0 radical (unpaired) electrons. The molecule has 0 fully saturated rings. The molecule has 6 heteroatoms. The Balaban J connectivity index is 3.06. The van der Waals surface area contributed by atoms with E-state index in [0.717, 1.165) is 12.1 Å². The molecule has 124 valence electrons. The number of halogens is 3. The minimum atomic E-state index is -4.47. The van der Waals surface area contributed by atoms with Gasteiger partial charge >= 0.3 is 12.1 Å². The van der Waals surface area contributed by atoms with Gasteiger partial charge in [0.25, 0.3) is 0 Å². The van der Waals surface area contributed by atoms with Crippen LogP contribution in [0.3, 0.4) is 0 Å². The van der Waals surface area contributed by atoms with Crippen molar-refractivity contribution in [2.24, 2.45) is 0 Å². The van der Waals surface area contributed by atoms with E-state index < -0.39 is 35.3 Å². The predicted octanol–water partition coefficient (Wildman–Crippen LogP) is 3.69. The molecule has 0 aliphatic carbocycles. The van der Waals surface area contributed by atoms with Crippen LogP contribution in [0.2, 0.25) is 0 Å².